The third-order valence-electron chi connectivity index (χ3n) is 2.00. The van der Waals surface area contributed by atoms with E-state index in [2.05, 4.69) is 26.3 Å². The van der Waals surface area contributed by atoms with Gasteiger partial charge in [0.25, 0.3) is 0 Å². The predicted molar refractivity (Wildman–Crippen MR) is 51.4 cm³/mol. The number of hydrogen-bond acceptors (Lipinski definition) is 4. The number of hydrogen-bond donors (Lipinski definition) is 0. The first-order valence-electron chi connectivity index (χ1n) is 4.26. The van der Waals surface area contributed by atoms with Crippen LogP contribution < -0.4 is 0 Å². The topological polar surface area (TPSA) is 51.6 Å². The van der Waals surface area contributed by atoms with Crippen molar-refractivity contribution >= 4 is 0 Å². The van der Waals surface area contributed by atoms with Crippen molar-refractivity contribution in [3.8, 4) is 11.3 Å². The summed E-state index contributed by atoms with van der Waals surface area (Å²) in [6.07, 6.45) is 7.59. The van der Waals surface area contributed by atoms with E-state index in [-0.39, 0.29) is 0 Å². The molecule has 4 heteroatoms. The average molecular weight is 185 g/mol. The molecular weight excluding hydrogens is 176 g/mol. The highest BCUT2D eigenvalue weighted by molar-refractivity contribution is 5.62. The van der Waals surface area contributed by atoms with Crippen molar-refractivity contribution in [2.75, 3.05) is 0 Å². The smallest absolute Gasteiger partial charge is 0.197 e. The lowest BCUT2D eigenvalue weighted by atomic mass is 10.1. The summed E-state index contributed by atoms with van der Waals surface area (Å²) in [5, 5.41) is 0. The van der Waals surface area contributed by atoms with Crippen molar-refractivity contribution < 1.29 is 0 Å². The molecule has 0 unspecified atom stereocenters. The molecule has 0 aliphatic rings. The van der Waals surface area contributed by atoms with Gasteiger partial charge in [-0.15, -0.1) is 0 Å². The Bertz CT molecular complexity index is 410. The third kappa shape index (κ3) is 1.46. The molecule has 0 amide bonds. The predicted octanol–water partition coefficient (Wildman–Crippen LogP) is 1.35. The van der Waals surface area contributed by atoms with Crippen molar-refractivity contribution in [1.29, 1.82) is 0 Å². The summed E-state index contributed by atoms with van der Waals surface area (Å²) < 4.78 is 0. The summed E-state index contributed by atoms with van der Waals surface area (Å²) in [6.45, 7) is 3.82. The fraction of sp³-hybridized carbons (Fsp3) is 0.200. The molecule has 0 bridgehead atoms. The van der Waals surface area contributed by atoms with Gasteiger partial charge >= 0.3 is 0 Å². The van der Waals surface area contributed by atoms with Crippen LogP contribution in [0.25, 0.3) is 11.3 Å². The van der Waals surface area contributed by atoms with Crippen LogP contribution >= 0.6 is 0 Å². The zero-order valence-electron chi connectivity index (χ0n) is 8.02. The summed E-state index contributed by atoms with van der Waals surface area (Å²) in [7, 11) is 0. The highest BCUT2D eigenvalue weighted by Crippen LogP contribution is 2.19. The second kappa shape index (κ2) is 3.49. The molecule has 0 aliphatic heterocycles. The van der Waals surface area contributed by atoms with Crippen LogP contribution in [0.3, 0.4) is 0 Å². The lowest BCUT2D eigenvalue weighted by Crippen LogP contribution is -1.95. The monoisotopic (exact) mass is 185 g/mol. The van der Waals surface area contributed by atoms with Crippen LogP contribution in [0.4, 0.5) is 0 Å². The van der Waals surface area contributed by atoms with E-state index in [1.54, 1.807) is 18.6 Å². The Labute approximate surface area is 82.1 Å². The molecule has 2 aromatic heterocycles. The third-order valence-corrected chi connectivity index (χ3v) is 2.00. The van der Waals surface area contributed by atoms with Crippen LogP contribution in [0.1, 0.15) is 11.4 Å². The molecule has 0 spiro atoms. The van der Waals surface area contributed by atoms with Crippen LogP contribution in [0, 0.1) is 20.2 Å². The lowest BCUT2D eigenvalue weighted by Gasteiger charge is -2.04. The maximum absolute atomic E-state index is 4.25. The summed E-state index contributed by atoms with van der Waals surface area (Å²) in [4.78, 5) is 16.3. The average Bonchev–Trinajstić information content (AvgIpc) is 2.20. The minimum absolute atomic E-state index is 0.832. The Balaban J connectivity index is 2.61. The normalized spacial score (nSPS) is 10.1. The van der Waals surface area contributed by atoms with E-state index in [0.29, 0.717) is 0 Å². The molecule has 4 nitrogen and oxygen atoms in total. The summed E-state index contributed by atoms with van der Waals surface area (Å²) in [5.41, 5.74) is 3.49. The van der Waals surface area contributed by atoms with Gasteiger partial charge in [0.05, 0.1) is 17.1 Å². The van der Waals surface area contributed by atoms with Crippen molar-refractivity contribution in [3.05, 3.63) is 36.3 Å². The van der Waals surface area contributed by atoms with Crippen LogP contribution in [-0.2, 0) is 0 Å². The van der Waals surface area contributed by atoms with Gasteiger partial charge < -0.3 is 0 Å². The molecule has 0 N–H and O–H groups in total. The standard InChI is InChI=1S/C10H9N4/c1-7-9(5-11-6-14-7)10-8(2)12-3-4-13-10/h3-5H,1-2H3. The fourth-order valence-corrected chi connectivity index (χ4v) is 1.26. The second-order valence-electron chi connectivity index (χ2n) is 2.96. The Hall–Kier alpha value is -1.84. The quantitative estimate of drug-likeness (QED) is 0.673. The largest absolute Gasteiger partial charge is 0.258 e. The highest BCUT2D eigenvalue weighted by Gasteiger charge is 2.07. The van der Waals surface area contributed by atoms with Gasteiger partial charge in [0.1, 0.15) is 0 Å². The van der Waals surface area contributed by atoms with Crippen molar-refractivity contribution in [2.45, 2.75) is 13.8 Å². The van der Waals surface area contributed by atoms with Gasteiger partial charge in [0, 0.05) is 24.2 Å². The fourth-order valence-electron chi connectivity index (χ4n) is 1.26. The number of aryl methyl sites for hydroxylation is 2. The Morgan fingerprint density at radius 1 is 1.07 bits per heavy atom. The molecule has 1 radical (unpaired) electrons. The SMILES string of the molecule is Cc1n[c]ncc1-c1nccnc1C. The zero-order chi connectivity index (χ0) is 9.97. The molecule has 0 saturated carbocycles. The van der Waals surface area contributed by atoms with Gasteiger partial charge in [-0.1, -0.05) is 0 Å². The molecule has 2 rings (SSSR count). The van der Waals surface area contributed by atoms with Crippen molar-refractivity contribution in [2.24, 2.45) is 0 Å². The van der Waals surface area contributed by atoms with Gasteiger partial charge in [0.15, 0.2) is 6.33 Å². The van der Waals surface area contributed by atoms with E-state index >= 15 is 0 Å². The maximum atomic E-state index is 4.25. The van der Waals surface area contributed by atoms with E-state index in [1.165, 1.54) is 0 Å². The van der Waals surface area contributed by atoms with Gasteiger partial charge in [-0.2, -0.15) is 0 Å². The zero-order valence-corrected chi connectivity index (χ0v) is 8.02. The number of aromatic nitrogens is 4. The van der Waals surface area contributed by atoms with Crippen LogP contribution in [0.5, 0.6) is 0 Å². The van der Waals surface area contributed by atoms with E-state index in [4.69, 9.17) is 0 Å². The molecule has 0 aliphatic carbocycles. The molecule has 0 aromatic carbocycles. The number of nitrogens with zero attached hydrogens (tertiary/aromatic N) is 4. The van der Waals surface area contributed by atoms with Crippen molar-refractivity contribution in [1.82, 2.24) is 19.9 Å². The molecule has 69 valence electrons. The first-order valence-corrected chi connectivity index (χ1v) is 4.26. The van der Waals surface area contributed by atoms with E-state index in [1.807, 2.05) is 13.8 Å². The van der Waals surface area contributed by atoms with Crippen LogP contribution in [0.2, 0.25) is 0 Å². The molecule has 2 aromatic rings. The first-order chi connectivity index (χ1) is 6.79. The van der Waals surface area contributed by atoms with Crippen molar-refractivity contribution in [3.63, 3.8) is 0 Å². The summed E-state index contributed by atoms with van der Waals surface area (Å²) in [5.74, 6) is 0. The van der Waals surface area contributed by atoms with Gasteiger partial charge in [-0.3, -0.25) is 9.97 Å². The molecular formula is C10H9N4. The molecule has 0 saturated heterocycles. The maximum Gasteiger partial charge on any atom is 0.197 e. The second-order valence-corrected chi connectivity index (χ2v) is 2.96. The van der Waals surface area contributed by atoms with E-state index < -0.39 is 0 Å². The summed E-state index contributed by atoms with van der Waals surface area (Å²) in [6, 6.07) is 0. The summed E-state index contributed by atoms with van der Waals surface area (Å²) >= 11 is 0. The first kappa shape index (κ1) is 8.74. The van der Waals surface area contributed by atoms with Crippen LogP contribution in [0.15, 0.2) is 18.6 Å². The molecule has 14 heavy (non-hydrogen) atoms. The Kier molecular flexibility index (Phi) is 2.18. The Morgan fingerprint density at radius 3 is 2.57 bits per heavy atom. The lowest BCUT2D eigenvalue weighted by molar-refractivity contribution is 1.06. The van der Waals surface area contributed by atoms with Gasteiger partial charge in [0.2, 0.25) is 0 Å². The molecule has 0 fully saturated rings. The van der Waals surface area contributed by atoms with E-state index in [0.717, 1.165) is 22.6 Å². The highest BCUT2D eigenvalue weighted by atomic mass is 14.8. The number of rotatable bonds is 1. The minimum atomic E-state index is 0.832. The van der Waals surface area contributed by atoms with Gasteiger partial charge in [-0.25, -0.2) is 9.97 Å². The molecule has 0 atom stereocenters. The Morgan fingerprint density at radius 2 is 1.86 bits per heavy atom. The minimum Gasteiger partial charge on any atom is -0.258 e. The van der Waals surface area contributed by atoms with E-state index in [9.17, 15) is 0 Å². The molecule has 2 heterocycles. The van der Waals surface area contributed by atoms with Gasteiger partial charge in [-0.05, 0) is 13.8 Å². The van der Waals surface area contributed by atoms with Crippen LogP contribution in [-0.4, -0.2) is 19.9 Å².